The minimum absolute atomic E-state index is 0.0723. The van der Waals surface area contributed by atoms with Crippen LogP contribution in [0.1, 0.15) is 6.92 Å². The maximum Gasteiger partial charge on any atom is 0.245 e. The molecule has 1 atom stereocenters. The van der Waals surface area contributed by atoms with Gasteiger partial charge in [-0.3, -0.25) is 4.79 Å². The largest absolute Gasteiger partial charge is 0.495 e. The molecule has 0 bridgehead atoms. The number of sulfonamides is 2. The normalized spacial score (nSPS) is 13.0. The number of ether oxygens (including phenoxy) is 1. The molecule has 2 aromatic carbocycles. The Balaban J connectivity index is 2.14. The van der Waals surface area contributed by atoms with Crippen LogP contribution in [0, 0.1) is 0 Å². The maximum absolute atomic E-state index is 12.6. The third-order valence-electron chi connectivity index (χ3n) is 3.59. The molecular weight excluding hydrogens is 430 g/mol. The van der Waals surface area contributed by atoms with E-state index in [4.69, 9.17) is 21.5 Å². The summed E-state index contributed by atoms with van der Waals surface area (Å²) in [5.74, 6) is -0.587. The first kappa shape index (κ1) is 22.1. The van der Waals surface area contributed by atoms with E-state index in [0.29, 0.717) is 0 Å². The lowest BCUT2D eigenvalue weighted by Crippen LogP contribution is -2.41. The van der Waals surface area contributed by atoms with E-state index in [1.807, 2.05) is 0 Å². The number of halogens is 1. The topological polar surface area (TPSA) is 145 Å². The number of nitrogens with one attached hydrogen (secondary N) is 2. The van der Waals surface area contributed by atoms with Gasteiger partial charge in [0, 0.05) is 10.7 Å². The van der Waals surface area contributed by atoms with Crippen molar-refractivity contribution >= 4 is 43.2 Å². The van der Waals surface area contributed by atoms with Gasteiger partial charge < -0.3 is 10.1 Å². The van der Waals surface area contributed by atoms with Crippen molar-refractivity contribution in [1.29, 1.82) is 0 Å². The number of carbonyl (C=O) groups excluding carboxylic acids is 1. The highest BCUT2D eigenvalue weighted by Gasteiger charge is 2.25. The molecule has 0 aliphatic rings. The molecule has 0 aliphatic heterocycles. The van der Waals surface area contributed by atoms with Gasteiger partial charge in [0.25, 0.3) is 0 Å². The Morgan fingerprint density at radius 2 is 1.71 bits per heavy atom. The lowest BCUT2D eigenvalue weighted by atomic mass is 10.3. The number of anilines is 1. The van der Waals surface area contributed by atoms with Crippen LogP contribution in [0.2, 0.25) is 5.02 Å². The molecule has 28 heavy (non-hydrogen) atoms. The molecule has 0 saturated carbocycles. The number of rotatable bonds is 7. The van der Waals surface area contributed by atoms with Gasteiger partial charge in [-0.25, -0.2) is 22.0 Å². The van der Waals surface area contributed by atoms with Crippen LogP contribution in [0.3, 0.4) is 0 Å². The van der Waals surface area contributed by atoms with Crippen LogP contribution < -0.4 is 19.9 Å². The van der Waals surface area contributed by atoms with E-state index in [2.05, 4.69) is 10.0 Å². The molecule has 0 spiro atoms. The van der Waals surface area contributed by atoms with Gasteiger partial charge in [-0.15, -0.1) is 0 Å². The fraction of sp³-hybridized carbons (Fsp3) is 0.188. The van der Waals surface area contributed by atoms with Crippen LogP contribution in [0.5, 0.6) is 5.75 Å². The number of nitrogens with two attached hydrogens (primary N) is 1. The summed E-state index contributed by atoms with van der Waals surface area (Å²) in [6, 6.07) is 8.03. The average Bonchev–Trinajstić information content (AvgIpc) is 2.61. The third-order valence-corrected chi connectivity index (χ3v) is 6.32. The predicted molar refractivity (Wildman–Crippen MR) is 104 cm³/mol. The summed E-state index contributed by atoms with van der Waals surface area (Å²) < 4.78 is 54.9. The van der Waals surface area contributed by atoms with Gasteiger partial charge >= 0.3 is 0 Å². The predicted octanol–water partition coefficient (Wildman–Crippen LogP) is 1.30. The summed E-state index contributed by atoms with van der Waals surface area (Å²) in [4.78, 5) is 12.0. The third kappa shape index (κ3) is 5.42. The van der Waals surface area contributed by atoms with E-state index >= 15 is 0 Å². The van der Waals surface area contributed by atoms with Crippen LogP contribution in [0.15, 0.2) is 52.3 Å². The van der Waals surface area contributed by atoms with Crippen LogP contribution in [-0.4, -0.2) is 35.9 Å². The molecule has 1 amide bonds. The van der Waals surface area contributed by atoms with Gasteiger partial charge in [0.15, 0.2) is 0 Å². The highest BCUT2D eigenvalue weighted by atomic mass is 35.5. The van der Waals surface area contributed by atoms with Crippen molar-refractivity contribution in [2.75, 3.05) is 12.4 Å². The van der Waals surface area contributed by atoms with Gasteiger partial charge in [0.1, 0.15) is 10.6 Å². The number of carbonyl (C=O) groups is 1. The first-order chi connectivity index (χ1) is 12.9. The maximum atomic E-state index is 12.6. The Morgan fingerprint density at radius 1 is 1.11 bits per heavy atom. The van der Waals surface area contributed by atoms with Crippen molar-refractivity contribution in [3.63, 3.8) is 0 Å². The molecule has 0 aliphatic carbocycles. The molecular formula is C16H18ClN3O6S2. The van der Waals surface area contributed by atoms with Crippen molar-refractivity contribution in [3.8, 4) is 5.75 Å². The van der Waals surface area contributed by atoms with E-state index in [-0.39, 0.29) is 26.3 Å². The lowest BCUT2D eigenvalue weighted by Gasteiger charge is -2.16. The molecule has 0 aromatic heterocycles. The van der Waals surface area contributed by atoms with E-state index in [0.717, 1.165) is 0 Å². The van der Waals surface area contributed by atoms with Crippen molar-refractivity contribution < 1.29 is 26.4 Å². The Kier molecular flexibility index (Phi) is 6.67. The van der Waals surface area contributed by atoms with Crippen LogP contribution in [0.25, 0.3) is 0 Å². The SMILES string of the molecule is COc1ccc(Cl)cc1S(=O)(=O)N[C@@H](C)C(=O)Nc1ccc(S(N)(=O)=O)cc1. The summed E-state index contributed by atoms with van der Waals surface area (Å²) in [7, 11) is -6.65. The molecule has 4 N–H and O–H groups in total. The van der Waals surface area contributed by atoms with Crippen molar-refractivity contribution in [3.05, 3.63) is 47.5 Å². The molecule has 0 radical (unpaired) electrons. The lowest BCUT2D eigenvalue weighted by molar-refractivity contribution is -0.117. The van der Waals surface area contributed by atoms with Crippen LogP contribution in [0.4, 0.5) is 5.69 Å². The highest BCUT2D eigenvalue weighted by Crippen LogP contribution is 2.27. The van der Waals surface area contributed by atoms with E-state index in [1.165, 1.54) is 56.5 Å². The van der Waals surface area contributed by atoms with Crippen molar-refractivity contribution in [2.24, 2.45) is 5.14 Å². The molecule has 0 fully saturated rings. The molecule has 2 aromatic rings. The molecule has 2 rings (SSSR count). The average molecular weight is 448 g/mol. The summed E-state index contributed by atoms with van der Waals surface area (Å²) in [5, 5.41) is 7.67. The fourth-order valence-electron chi connectivity index (χ4n) is 2.19. The fourth-order valence-corrected chi connectivity index (χ4v) is 4.34. The minimum Gasteiger partial charge on any atom is -0.495 e. The zero-order valence-electron chi connectivity index (χ0n) is 14.8. The Bertz CT molecular complexity index is 1090. The molecule has 9 nitrogen and oxygen atoms in total. The smallest absolute Gasteiger partial charge is 0.245 e. The second kappa shape index (κ2) is 8.45. The van der Waals surface area contributed by atoms with Crippen molar-refractivity contribution in [2.45, 2.75) is 22.8 Å². The van der Waals surface area contributed by atoms with E-state index < -0.39 is 32.0 Å². The number of methoxy groups -OCH3 is 1. The standard InChI is InChI=1S/C16H18ClN3O6S2/c1-10(16(21)19-12-4-6-13(7-5-12)27(18,22)23)20-28(24,25)15-9-11(17)3-8-14(15)26-2/h3-10,20H,1-2H3,(H,19,21)(H2,18,22,23)/t10-/m0/s1. The molecule has 0 saturated heterocycles. The van der Waals surface area contributed by atoms with Gasteiger partial charge in [0.2, 0.25) is 26.0 Å². The zero-order valence-corrected chi connectivity index (χ0v) is 17.2. The van der Waals surface area contributed by atoms with Gasteiger partial charge in [-0.1, -0.05) is 11.6 Å². The summed E-state index contributed by atoms with van der Waals surface area (Å²) in [6.45, 7) is 1.35. The first-order valence-corrected chi connectivity index (χ1v) is 11.1. The Labute approximate surface area is 167 Å². The Morgan fingerprint density at radius 3 is 2.25 bits per heavy atom. The number of hydrogen-bond acceptors (Lipinski definition) is 6. The van der Waals surface area contributed by atoms with E-state index in [9.17, 15) is 21.6 Å². The quantitative estimate of drug-likeness (QED) is 0.583. The Hall–Kier alpha value is -2.18. The number of amides is 1. The number of benzene rings is 2. The summed E-state index contributed by atoms with van der Waals surface area (Å²) in [6.07, 6.45) is 0. The second-order valence-electron chi connectivity index (χ2n) is 5.70. The number of primary sulfonamides is 1. The molecule has 152 valence electrons. The minimum atomic E-state index is -4.10. The second-order valence-corrected chi connectivity index (χ2v) is 9.38. The molecule has 0 heterocycles. The summed E-state index contributed by atoms with van der Waals surface area (Å²) >= 11 is 5.85. The zero-order chi connectivity index (χ0) is 21.1. The van der Waals surface area contributed by atoms with Gasteiger partial charge in [-0.2, -0.15) is 4.72 Å². The highest BCUT2D eigenvalue weighted by molar-refractivity contribution is 7.89. The molecule has 0 unspecified atom stereocenters. The van der Waals surface area contributed by atoms with E-state index in [1.54, 1.807) is 0 Å². The van der Waals surface area contributed by atoms with Crippen molar-refractivity contribution in [1.82, 2.24) is 4.72 Å². The van der Waals surface area contributed by atoms with Crippen LogP contribution >= 0.6 is 11.6 Å². The van der Waals surface area contributed by atoms with Gasteiger partial charge in [0.05, 0.1) is 18.0 Å². The van der Waals surface area contributed by atoms with Crippen LogP contribution in [-0.2, 0) is 24.8 Å². The first-order valence-electron chi connectivity index (χ1n) is 7.73. The molecule has 12 heteroatoms. The monoisotopic (exact) mass is 447 g/mol. The number of hydrogen-bond donors (Lipinski definition) is 3. The summed E-state index contributed by atoms with van der Waals surface area (Å²) in [5.41, 5.74) is 0.267. The van der Waals surface area contributed by atoms with Gasteiger partial charge in [-0.05, 0) is 49.4 Å².